The molecule has 1 aromatic heterocycles. The maximum absolute atomic E-state index is 5.97. The highest BCUT2D eigenvalue weighted by atomic mass is 32.3. The van der Waals surface area contributed by atoms with Gasteiger partial charge in [0, 0.05) is 6.61 Å². The fraction of sp³-hybridized carbons (Fsp3) is 0.824. The van der Waals surface area contributed by atoms with Crippen LogP contribution in [0, 0.1) is 5.41 Å². The Labute approximate surface area is 130 Å². The summed E-state index contributed by atoms with van der Waals surface area (Å²) in [6.45, 7) is 7.88. The zero-order valence-electron chi connectivity index (χ0n) is 14.7. The summed E-state index contributed by atoms with van der Waals surface area (Å²) in [6.07, 6.45) is 14.3. The van der Waals surface area contributed by atoms with Crippen molar-refractivity contribution >= 4 is 9.16 Å². The highest BCUT2D eigenvalue weighted by Gasteiger charge is 2.34. The second kappa shape index (κ2) is 5.62. The van der Waals surface area contributed by atoms with Gasteiger partial charge in [-0.05, 0) is 61.7 Å². The van der Waals surface area contributed by atoms with Gasteiger partial charge in [0.25, 0.3) is 0 Å². The first-order chi connectivity index (χ1) is 9.57. The quantitative estimate of drug-likeness (QED) is 0.837. The molecule has 0 bridgehead atoms. The van der Waals surface area contributed by atoms with E-state index >= 15 is 0 Å². The second-order valence-electron chi connectivity index (χ2n) is 9.11. The van der Waals surface area contributed by atoms with Crippen LogP contribution in [0.15, 0.2) is 17.3 Å². The van der Waals surface area contributed by atoms with E-state index in [-0.39, 0.29) is 6.23 Å². The van der Waals surface area contributed by atoms with Crippen LogP contribution in [-0.4, -0.2) is 40.9 Å². The molecular formula is C17H34N2OS. The Morgan fingerprint density at radius 1 is 1.29 bits per heavy atom. The van der Waals surface area contributed by atoms with Gasteiger partial charge < -0.3 is 4.74 Å². The molecule has 1 fully saturated rings. The third-order valence-corrected chi connectivity index (χ3v) is 8.41. The van der Waals surface area contributed by atoms with Crippen molar-refractivity contribution in [2.75, 3.05) is 31.1 Å². The van der Waals surface area contributed by atoms with E-state index in [2.05, 4.69) is 55.4 Å². The van der Waals surface area contributed by atoms with Crippen molar-refractivity contribution < 1.29 is 4.74 Å². The zero-order chi connectivity index (χ0) is 15.8. The van der Waals surface area contributed by atoms with E-state index in [1.54, 1.807) is 0 Å². The van der Waals surface area contributed by atoms with Gasteiger partial charge in [-0.3, -0.25) is 9.16 Å². The monoisotopic (exact) mass is 314 g/mol. The van der Waals surface area contributed by atoms with Gasteiger partial charge >= 0.3 is 0 Å². The Kier molecular flexibility index (Phi) is 4.52. The van der Waals surface area contributed by atoms with Gasteiger partial charge in [-0.25, -0.2) is 4.68 Å². The average Bonchev–Trinajstić information content (AvgIpc) is 2.87. The first-order valence-corrected chi connectivity index (χ1v) is 12.0. The van der Waals surface area contributed by atoms with Gasteiger partial charge in [-0.1, -0.05) is 20.8 Å². The lowest BCUT2D eigenvalue weighted by Crippen LogP contribution is -2.28. The van der Waals surface area contributed by atoms with Gasteiger partial charge in [-0.2, -0.15) is 5.10 Å². The summed E-state index contributed by atoms with van der Waals surface area (Å²) in [4.78, 5) is 0. The molecule has 1 atom stereocenters. The van der Waals surface area contributed by atoms with Gasteiger partial charge in [0.15, 0.2) is 6.23 Å². The molecule has 0 saturated carbocycles. The summed E-state index contributed by atoms with van der Waals surface area (Å²) in [5, 5.41) is 6.05. The lowest BCUT2D eigenvalue weighted by atomic mass is 9.94. The Morgan fingerprint density at radius 3 is 2.57 bits per heavy atom. The van der Waals surface area contributed by atoms with Crippen LogP contribution in [0.2, 0.25) is 0 Å². The zero-order valence-corrected chi connectivity index (χ0v) is 15.6. The van der Waals surface area contributed by atoms with E-state index in [0.717, 1.165) is 13.0 Å². The number of hydrogen-bond acceptors (Lipinski definition) is 2. The minimum Gasteiger partial charge on any atom is -0.356 e. The van der Waals surface area contributed by atoms with Gasteiger partial charge in [0.1, 0.15) is 0 Å². The summed E-state index contributed by atoms with van der Waals surface area (Å²) in [5.41, 5.74) is 0.386. The van der Waals surface area contributed by atoms with Gasteiger partial charge in [0.2, 0.25) is 0 Å². The van der Waals surface area contributed by atoms with Crippen molar-refractivity contribution in [2.24, 2.45) is 5.41 Å². The van der Waals surface area contributed by atoms with Crippen molar-refractivity contribution in [3.05, 3.63) is 12.3 Å². The summed E-state index contributed by atoms with van der Waals surface area (Å²) >= 11 is 0. The summed E-state index contributed by atoms with van der Waals surface area (Å²) in [7, 11) is -1.93. The Hall–Kier alpha value is -0.480. The number of aromatic nitrogens is 2. The number of thiol groups is 1. The molecule has 0 N–H and O–H groups in total. The molecule has 3 nitrogen and oxygen atoms in total. The van der Waals surface area contributed by atoms with Crippen LogP contribution in [0.4, 0.5) is 0 Å². The largest absolute Gasteiger partial charge is 0.356 e. The van der Waals surface area contributed by atoms with E-state index in [9.17, 15) is 0 Å². The molecular weight excluding hydrogens is 280 g/mol. The second-order valence-corrected chi connectivity index (χ2v) is 16.3. The SMILES string of the molecule is CC(C)(C)CC[SH](C)(C)(C)c1ccnn1C1CCCCO1. The fourth-order valence-electron chi connectivity index (χ4n) is 2.94. The van der Waals surface area contributed by atoms with Crippen LogP contribution in [0.3, 0.4) is 0 Å². The van der Waals surface area contributed by atoms with Crippen LogP contribution < -0.4 is 0 Å². The molecule has 21 heavy (non-hydrogen) atoms. The Balaban J connectivity index is 2.25. The van der Waals surface area contributed by atoms with E-state index in [1.807, 2.05) is 6.20 Å². The summed E-state index contributed by atoms with van der Waals surface area (Å²) in [6, 6.07) is 2.23. The minimum atomic E-state index is -1.93. The standard InChI is InChI=1S/C17H34N2OS/c1-17(2,3)11-14-21(4,5,6)16-10-12-18-19(16)15-9-7-8-13-20-15/h10,12,15,21H,7-9,11,13-14H2,1-6H3. The molecule has 4 heteroatoms. The predicted molar refractivity (Wildman–Crippen MR) is 95.0 cm³/mol. The van der Waals surface area contributed by atoms with Crippen molar-refractivity contribution in [2.45, 2.75) is 57.7 Å². The summed E-state index contributed by atoms with van der Waals surface area (Å²) < 4.78 is 8.16. The van der Waals surface area contributed by atoms with E-state index in [0.29, 0.717) is 5.41 Å². The van der Waals surface area contributed by atoms with Crippen molar-refractivity contribution in [1.82, 2.24) is 9.78 Å². The molecule has 2 rings (SSSR count). The maximum Gasteiger partial charge on any atom is 0.151 e. The van der Waals surface area contributed by atoms with Crippen LogP contribution >= 0.6 is 9.16 Å². The number of rotatable bonds is 4. The molecule has 0 aliphatic carbocycles. The smallest absolute Gasteiger partial charge is 0.151 e. The topological polar surface area (TPSA) is 27.1 Å². The highest BCUT2D eigenvalue weighted by Crippen LogP contribution is 2.67. The lowest BCUT2D eigenvalue weighted by Gasteiger charge is -2.53. The molecule has 1 unspecified atom stereocenters. The normalized spacial score (nSPS) is 22.8. The Morgan fingerprint density at radius 2 is 2.00 bits per heavy atom. The molecule has 1 aliphatic heterocycles. The van der Waals surface area contributed by atoms with Crippen LogP contribution in [0.1, 0.15) is 52.7 Å². The molecule has 0 spiro atoms. The fourth-order valence-corrected chi connectivity index (χ4v) is 6.19. The summed E-state index contributed by atoms with van der Waals surface area (Å²) in [5.74, 6) is 1.27. The van der Waals surface area contributed by atoms with Crippen molar-refractivity contribution in [1.29, 1.82) is 0 Å². The first-order valence-electron chi connectivity index (χ1n) is 8.23. The predicted octanol–water partition coefficient (Wildman–Crippen LogP) is 4.34. The third-order valence-electron chi connectivity index (χ3n) is 4.57. The number of ether oxygens (including phenoxy) is 1. The van der Waals surface area contributed by atoms with Crippen molar-refractivity contribution in [3.8, 4) is 0 Å². The highest BCUT2D eigenvalue weighted by molar-refractivity contribution is 8.48. The van der Waals surface area contributed by atoms with E-state index in [1.165, 1.54) is 30.0 Å². The Bertz CT molecular complexity index is 473. The first kappa shape index (κ1) is 16.9. The van der Waals surface area contributed by atoms with E-state index in [4.69, 9.17) is 4.74 Å². The molecule has 0 aromatic carbocycles. The number of nitrogens with zero attached hydrogens (tertiary/aromatic N) is 2. The molecule has 1 aromatic rings. The third kappa shape index (κ3) is 4.26. The average molecular weight is 315 g/mol. The van der Waals surface area contributed by atoms with Crippen LogP contribution in [0.5, 0.6) is 0 Å². The maximum atomic E-state index is 5.97. The lowest BCUT2D eigenvalue weighted by molar-refractivity contribution is -0.0448. The number of hydrogen-bond donors (Lipinski definition) is 1. The molecule has 124 valence electrons. The molecule has 0 amide bonds. The molecule has 2 heterocycles. The molecule has 0 radical (unpaired) electrons. The molecule has 1 aliphatic rings. The van der Waals surface area contributed by atoms with E-state index < -0.39 is 9.16 Å². The van der Waals surface area contributed by atoms with Crippen LogP contribution in [-0.2, 0) is 4.74 Å². The minimum absolute atomic E-state index is 0.153. The van der Waals surface area contributed by atoms with Crippen molar-refractivity contribution in [3.63, 3.8) is 0 Å². The van der Waals surface area contributed by atoms with Gasteiger partial charge in [-0.15, -0.1) is 0 Å². The molecule has 1 saturated heterocycles. The van der Waals surface area contributed by atoms with Gasteiger partial charge in [0.05, 0.1) is 11.2 Å². The van der Waals surface area contributed by atoms with Crippen LogP contribution in [0.25, 0.3) is 0 Å².